The van der Waals surface area contributed by atoms with Gasteiger partial charge in [-0.05, 0) is 30.8 Å². The molecule has 0 aliphatic carbocycles. The highest BCUT2D eigenvalue weighted by atomic mass is 19.1. The van der Waals surface area contributed by atoms with Crippen LogP contribution in [0.5, 0.6) is 0 Å². The van der Waals surface area contributed by atoms with Gasteiger partial charge in [-0.25, -0.2) is 9.38 Å². The van der Waals surface area contributed by atoms with Crippen molar-refractivity contribution >= 4 is 12.1 Å². The van der Waals surface area contributed by atoms with Gasteiger partial charge in [-0.15, -0.1) is 0 Å². The summed E-state index contributed by atoms with van der Waals surface area (Å²) >= 11 is 0. The van der Waals surface area contributed by atoms with Gasteiger partial charge in [0.15, 0.2) is 5.83 Å². The number of allylic oxidation sites excluding steroid dienone is 1. The smallest absolute Gasteiger partial charge is 0.166 e. The summed E-state index contributed by atoms with van der Waals surface area (Å²) in [5.74, 6) is 0.934. The lowest BCUT2D eigenvalue weighted by molar-refractivity contribution is 0.406. The molecule has 1 aliphatic heterocycles. The third-order valence-electron chi connectivity index (χ3n) is 4.37. The fourth-order valence-corrected chi connectivity index (χ4v) is 2.65. The van der Waals surface area contributed by atoms with Crippen LogP contribution in [-0.4, -0.2) is 12.1 Å². The monoisotopic (exact) mass is 307 g/mol. The average molecular weight is 307 g/mol. The first-order chi connectivity index (χ1) is 10.5. The van der Waals surface area contributed by atoms with Gasteiger partial charge in [0, 0.05) is 12.1 Å². The molecule has 0 saturated carbocycles. The lowest BCUT2D eigenvalue weighted by atomic mass is 9.88. The molecule has 0 radical (unpaired) electrons. The minimum atomic E-state index is -0.411. The highest BCUT2D eigenvalue weighted by Crippen LogP contribution is 2.24. The van der Waals surface area contributed by atoms with Crippen molar-refractivity contribution in [3.8, 4) is 0 Å². The summed E-state index contributed by atoms with van der Waals surface area (Å²) in [5.41, 5.74) is 6.20. The highest BCUT2D eigenvalue weighted by molar-refractivity contribution is 5.85. The number of nitrogens with two attached hydrogens (primary N) is 1. The molecule has 1 rings (SSSR count). The molecule has 4 heteroatoms. The fraction of sp³-hybridized carbons (Fsp3) is 0.667. The van der Waals surface area contributed by atoms with E-state index in [0.29, 0.717) is 23.4 Å². The van der Waals surface area contributed by atoms with Gasteiger partial charge in [0.05, 0.1) is 11.9 Å². The van der Waals surface area contributed by atoms with Gasteiger partial charge in [0.1, 0.15) is 5.84 Å². The molecule has 0 saturated heterocycles. The van der Waals surface area contributed by atoms with Gasteiger partial charge in [-0.2, -0.15) is 0 Å². The third kappa shape index (κ3) is 5.39. The molecular formula is C18H30FN3. The molecule has 1 aliphatic rings. The normalized spacial score (nSPS) is 21.9. The molecule has 22 heavy (non-hydrogen) atoms. The number of rotatable bonds is 8. The van der Waals surface area contributed by atoms with E-state index in [-0.39, 0.29) is 5.92 Å². The Morgan fingerprint density at radius 2 is 2.14 bits per heavy atom. The van der Waals surface area contributed by atoms with Crippen molar-refractivity contribution in [1.29, 1.82) is 0 Å². The van der Waals surface area contributed by atoms with Crippen LogP contribution in [-0.2, 0) is 0 Å². The van der Waals surface area contributed by atoms with Crippen molar-refractivity contribution in [1.82, 2.24) is 0 Å². The standard InChI is InChI=1S/C18H30FN3/c1-5-8-9-13(4)15(7-3)11-21-17-10-14(6-2)18(20)22-12-16(17)19/h10-15H,5-9H2,1-4H3,(H2,20,22). The van der Waals surface area contributed by atoms with Crippen LogP contribution in [0.3, 0.4) is 0 Å². The Hall–Kier alpha value is -1.45. The van der Waals surface area contributed by atoms with Crippen LogP contribution in [0.1, 0.15) is 59.8 Å². The van der Waals surface area contributed by atoms with Crippen LogP contribution >= 0.6 is 0 Å². The van der Waals surface area contributed by atoms with Gasteiger partial charge in [-0.1, -0.05) is 47.0 Å². The summed E-state index contributed by atoms with van der Waals surface area (Å²) < 4.78 is 14.1. The maximum Gasteiger partial charge on any atom is 0.166 e. The topological polar surface area (TPSA) is 50.7 Å². The summed E-state index contributed by atoms with van der Waals surface area (Å²) in [6.45, 7) is 8.62. The molecule has 0 aromatic carbocycles. The van der Waals surface area contributed by atoms with Crippen LogP contribution in [0.25, 0.3) is 0 Å². The van der Waals surface area contributed by atoms with Crippen molar-refractivity contribution < 1.29 is 4.39 Å². The Labute approximate surface area is 134 Å². The van der Waals surface area contributed by atoms with Gasteiger partial charge < -0.3 is 5.73 Å². The molecule has 0 aromatic heterocycles. The maximum absolute atomic E-state index is 14.1. The zero-order valence-corrected chi connectivity index (χ0v) is 14.3. The summed E-state index contributed by atoms with van der Waals surface area (Å²) in [6.07, 6.45) is 10.3. The van der Waals surface area contributed by atoms with Crippen molar-refractivity contribution in [2.75, 3.05) is 0 Å². The molecule has 2 N–H and O–H groups in total. The van der Waals surface area contributed by atoms with Gasteiger partial charge in [-0.3, -0.25) is 4.99 Å². The molecule has 3 unspecified atom stereocenters. The Bertz CT molecular complexity index is 463. The number of unbranched alkanes of at least 4 members (excludes halogenated alkanes) is 1. The molecule has 1 heterocycles. The molecule has 3 atom stereocenters. The predicted molar refractivity (Wildman–Crippen MR) is 93.6 cm³/mol. The third-order valence-corrected chi connectivity index (χ3v) is 4.37. The quantitative estimate of drug-likeness (QED) is 0.630. The van der Waals surface area contributed by atoms with E-state index < -0.39 is 5.83 Å². The zero-order valence-electron chi connectivity index (χ0n) is 14.3. The Balaban J connectivity index is 2.85. The van der Waals surface area contributed by atoms with E-state index in [0.717, 1.165) is 12.8 Å². The van der Waals surface area contributed by atoms with Crippen LogP contribution in [0, 0.1) is 17.8 Å². The second-order valence-corrected chi connectivity index (χ2v) is 6.07. The molecule has 0 aromatic rings. The second kappa shape index (κ2) is 9.54. The number of halogens is 1. The van der Waals surface area contributed by atoms with Crippen molar-refractivity contribution in [2.45, 2.75) is 59.8 Å². The minimum absolute atomic E-state index is 0.0470. The Kier molecular flexibility index (Phi) is 8.07. The fourth-order valence-electron chi connectivity index (χ4n) is 2.65. The van der Waals surface area contributed by atoms with E-state index in [1.165, 1.54) is 25.5 Å². The maximum atomic E-state index is 14.1. The minimum Gasteiger partial charge on any atom is -0.387 e. The van der Waals surface area contributed by atoms with E-state index in [1.54, 1.807) is 6.08 Å². The van der Waals surface area contributed by atoms with Crippen molar-refractivity contribution in [3.05, 3.63) is 23.8 Å². The zero-order chi connectivity index (χ0) is 16.5. The summed E-state index contributed by atoms with van der Waals surface area (Å²) in [7, 11) is 0. The molecule has 0 bridgehead atoms. The first-order valence-corrected chi connectivity index (χ1v) is 8.48. The average Bonchev–Trinajstić information content (AvgIpc) is 2.66. The van der Waals surface area contributed by atoms with E-state index in [4.69, 9.17) is 5.73 Å². The Morgan fingerprint density at radius 1 is 1.41 bits per heavy atom. The first-order valence-electron chi connectivity index (χ1n) is 8.48. The van der Waals surface area contributed by atoms with Crippen LogP contribution < -0.4 is 5.73 Å². The Morgan fingerprint density at radius 3 is 2.73 bits per heavy atom. The summed E-state index contributed by atoms with van der Waals surface area (Å²) in [4.78, 5) is 8.38. The van der Waals surface area contributed by atoms with Crippen molar-refractivity contribution in [2.24, 2.45) is 33.5 Å². The van der Waals surface area contributed by atoms with Crippen molar-refractivity contribution in [3.63, 3.8) is 0 Å². The first kappa shape index (κ1) is 18.6. The van der Waals surface area contributed by atoms with E-state index in [9.17, 15) is 4.39 Å². The SMILES string of the molecule is CCCCC(C)C(C=NC1=CC(CC)C(N)=NC=C1F)CC. The molecule has 124 valence electrons. The number of hydrogen-bond donors (Lipinski definition) is 1. The summed E-state index contributed by atoms with van der Waals surface area (Å²) in [6, 6.07) is 0. The van der Waals surface area contributed by atoms with Crippen LogP contribution in [0.2, 0.25) is 0 Å². The van der Waals surface area contributed by atoms with Gasteiger partial charge >= 0.3 is 0 Å². The number of nitrogens with zero attached hydrogens (tertiary/aromatic N) is 2. The van der Waals surface area contributed by atoms with Crippen LogP contribution in [0.4, 0.5) is 4.39 Å². The number of aliphatic imine (C=N–C) groups is 2. The van der Waals surface area contributed by atoms with Crippen LogP contribution in [0.15, 0.2) is 33.8 Å². The van der Waals surface area contributed by atoms with E-state index >= 15 is 0 Å². The lowest BCUT2D eigenvalue weighted by Crippen LogP contribution is -2.21. The largest absolute Gasteiger partial charge is 0.387 e. The van der Waals surface area contributed by atoms with Gasteiger partial charge in [0.25, 0.3) is 0 Å². The van der Waals surface area contributed by atoms with Gasteiger partial charge in [0.2, 0.25) is 0 Å². The molecule has 0 amide bonds. The number of hydrogen-bond acceptors (Lipinski definition) is 3. The lowest BCUT2D eigenvalue weighted by Gasteiger charge is -2.18. The number of amidine groups is 1. The molecule has 0 spiro atoms. The molecule has 3 nitrogen and oxygen atoms in total. The van der Waals surface area contributed by atoms with E-state index in [1.807, 2.05) is 13.1 Å². The highest BCUT2D eigenvalue weighted by Gasteiger charge is 2.17. The predicted octanol–water partition coefficient (Wildman–Crippen LogP) is 5.00. The second-order valence-electron chi connectivity index (χ2n) is 6.07. The molecular weight excluding hydrogens is 277 g/mol. The summed E-state index contributed by atoms with van der Waals surface area (Å²) in [5, 5.41) is 0. The van der Waals surface area contributed by atoms with E-state index in [2.05, 4.69) is 30.8 Å². The molecule has 0 fully saturated rings.